The standard InChI is InChI=1S/C23H42N2/c1-3-5-7-8-9-15-23(20-24)16-11-22(12-17-23)25-18-13-21(14-19-25)10-6-4-2/h21-22H,3-19H2,1-2H3/t22-,23-. The fourth-order valence-electron chi connectivity index (χ4n) is 5.10. The highest BCUT2D eigenvalue weighted by Gasteiger charge is 2.37. The number of nitrogens with zero attached hydrogens (tertiary/aromatic N) is 2. The molecule has 2 nitrogen and oxygen atoms in total. The molecule has 1 aliphatic carbocycles. The zero-order valence-corrected chi connectivity index (χ0v) is 17.1. The molecule has 0 aromatic heterocycles. The van der Waals surface area contributed by atoms with Gasteiger partial charge in [0, 0.05) is 6.04 Å². The van der Waals surface area contributed by atoms with Gasteiger partial charge in [0.1, 0.15) is 0 Å². The predicted molar refractivity (Wildman–Crippen MR) is 108 cm³/mol. The molecular weight excluding hydrogens is 304 g/mol. The molecule has 1 saturated heterocycles. The van der Waals surface area contributed by atoms with Gasteiger partial charge in [0.15, 0.2) is 0 Å². The van der Waals surface area contributed by atoms with Crippen molar-refractivity contribution in [2.45, 2.75) is 116 Å². The smallest absolute Gasteiger partial charge is 0.0689 e. The maximum Gasteiger partial charge on any atom is 0.0689 e. The zero-order chi connectivity index (χ0) is 18.0. The van der Waals surface area contributed by atoms with Crippen LogP contribution in [0.15, 0.2) is 0 Å². The van der Waals surface area contributed by atoms with E-state index < -0.39 is 0 Å². The van der Waals surface area contributed by atoms with Gasteiger partial charge in [0.25, 0.3) is 0 Å². The Hall–Kier alpha value is -0.550. The molecule has 0 aromatic carbocycles. The third kappa shape index (κ3) is 6.59. The van der Waals surface area contributed by atoms with E-state index in [4.69, 9.17) is 0 Å². The molecule has 0 amide bonds. The van der Waals surface area contributed by atoms with E-state index in [1.54, 1.807) is 0 Å². The van der Waals surface area contributed by atoms with Crippen molar-refractivity contribution in [3.05, 3.63) is 0 Å². The number of rotatable bonds is 10. The average molecular weight is 347 g/mol. The molecule has 0 bridgehead atoms. The summed E-state index contributed by atoms with van der Waals surface area (Å²) in [5, 5.41) is 9.79. The number of hydrogen-bond acceptors (Lipinski definition) is 2. The number of nitriles is 1. The second-order valence-corrected chi connectivity index (χ2v) is 8.91. The topological polar surface area (TPSA) is 27.0 Å². The van der Waals surface area contributed by atoms with Crippen molar-refractivity contribution in [1.82, 2.24) is 4.90 Å². The van der Waals surface area contributed by atoms with E-state index in [0.717, 1.165) is 31.2 Å². The van der Waals surface area contributed by atoms with Gasteiger partial charge in [-0.15, -0.1) is 0 Å². The minimum absolute atomic E-state index is 0.0160. The quantitative estimate of drug-likeness (QED) is 0.411. The van der Waals surface area contributed by atoms with Crippen LogP contribution in [0.25, 0.3) is 0 Å². The third-order valence-electron chi connectivity index (χ3n) is 7.04. The molecule has 2 rings (SSSR count). The normalized spacial score (nSPS) is 28.8. The van der Waals surface area contributed by atoms with Crippen LogP contribution in [-0.4, -0.2) is 24.0 Å². The SMILES string of the molecule is CCCCCCC[C@]1(C#N)CC[C@H](N2CCC(CCCC)CC2)CC1. The maximum absolute atomic E-state index is 9.79. The summed E-state index contributed by atoms with van der Waals surface area (Å²) in [5.41, 5.74) is 0.0160. The lowest BCUT2D eigenvalue weighted by molar-refractivity contribution is 0.0755. The summed E-state index contributed by atoms with van der Waals surface area (Å²) >= 11 is 0. The van der Waals surface area contributed by atoms with Crippen molar-refractivity contribution < 1.29 is 0 Å². The maximum atomic E-state index is 9.79. The van der Waals surface area contributed by atoms with Crippen LogP contribution in [-0.2, 0) is 0 Å². The first-order chi connectivity index (χ1) is 12.2. The summed E-state index contributed by atoms with van der Waals surface area (Å²) < 4.78 is 0. The molecule has 0 N–H and O–H groups in total. The second-order valence-electron chi connectivity index (χ2n) is 8.91. The van der Waals surface area contributed by atoms with Gasteiger partial charge >= 0.3 is 0 Å². The lowest BCUT2D eigenvalue weighted by Crippen LogP contribution is -2.44. The van der Waals surface area contributed by atoms with Gasteiger partial charge in [-0.3, -0.25) is 0 Å². The Morgan fingerprint density at radius 2 is 1.52 bits per heavy atom. The largest absolute Gasteiger partial charge is 0.300 e. The Morgan fingerprint density at radius 3 is 2.12 bits per heavy atom. The first-order valence-corrected chi connectivity index (χ1v) is 11.4. The highest BCUT2D eigenvalue weighted by molar-refractivity contribution is 5.03. The number of hydrogen-bond donors (Lipinski definition) is 0. The Bertz CT molecular complexity index is 381. The van der Waals surface area contributed by atoms with Crippen LogP contribution >= 0.6 is 0 Å². The molecule has 144 valence electrons. The molecule has 2 fully saturated rings. The van der Waals surface area contributed by atoms with Gasteiger partial charge < -0.3 is 4.90 Å². The monoisotopic (exact) mass is 346 g/mol. The van der Waals surface area contributed by atoms with Crippen LogP contribution in [0.2, 0.25) is 0 Å². The number of unbranched alkanes of at least 4 members (excludes halogenated alkanes) is 5. The second kappa shape index (κ2) is 11.2. The van der Waals surface area contributed by atoms with E-state index in [-0.39, 0.29) is 5.41 Å². The molecule has 2 aliphatic rings. The van der Waals surface area contributed by atoms with Crippen LogP contribution in [0.1, 0.15) is 110 Å². The van der Waals surface area contributed by atoms with Crippen LogP contribution in [0, 0.1) is 22.7 Å². The minimum atomic E-state index is 0.0160. The van der Waals surface area contributed by atoms with Gasteiger partial charge in [-0.25, -0.2) is 0 Å². The van der Waals surface area contributed by atoms with Crippen molar-refractivity contribution in [1.29, 1.82) is 5.26 Å². The Labute approximate surface area is 157 Å². The molecular formula is C23H42N2. The summed E-state index contributed by atoms with van der Waals surface area (Å²) in [6.07, 6.45) is 19.6. The Balaban J connectivity index is 1.68. The van der Waals surface area contributed by atoms with E-state index in [0.29, 0.717) is 0 Å². The summed E-state index contributed by atoms with van der Waals surface area (Å²) in [6, 6.07) is 3.52. The van der Waals surface area contributed by atoms with E-state index in [1.165, 1.54) is 90.1 Å². The van der Waals surface area contributed by atoms with Crippen molar-refractivity contribution >= 4 is 0 Å². The average Bonchev–Trinajstić information content (AvgIpc) is 2.67. The van der Waals surface area contributed by atoms with E-state index in [2.05, 4.69) is 24.8 Å². The highest BCUT2D eigenvalue weighted by atomic mass is 15.2. The summed E-state index contributed by atoms with van der Waals surface area (Å²) in [4.78, 5) is 2.77. The molecule has 0 aromatic rings. The molecule has 25 heavy (non-hydrogen) atoms. The van der Waals surface area contributed by atoms with Gasteiger partial charge in [0.2, 0.25) is 0 Å². The molecule has 2 heteroatoms. The third-order valence-corrected chi connectivity index (χ3v) is 7.04. The van der Waals surface area contributed by atoms with Crippen LogP contribution < -0.4 is 0 Å². The highest BCUT2D eigenvalue weighted by Crippen LogP contribution is 2.42. The minimum Gasteiger partial charge on any atom is -0.300 e. The van der Waals surface area contributed by atoms with E-state index >= 15 is 0 Å². The van der Waals surface area contributed by atoms with Gasteiger partial charge in [-0.05, 0) is 64.0 Å². The van der Waals surface area contributed by atoms with Crippen molar-refractivity contribution in [2.24, 2.45) is 11.3 Å². The van der Waals surface area contributed by atoms with Crippen molar-refractivity contribution in [2.75, 3.05) is 13.1 Å². The Kier molecular flexibility index (Phi) is 9.32. The van der Waals surface area contributed by atoms with Crippen molar-refractivity contribution in [3.8, 4) is 6.07 Å². The Morgan fingerprint density at radius 1 is 0.880 bits per heavy atom. The van der Waals surface area contributed by atoms with Gasteiger partial charge in [0.05, 0.1) is 11.5 Å². The fraction of sp³-hybridized carbons (Fsp3) is 0.957. The van der Waals surface area contributed by atoms with Crippen LogP contribution in [0.4, 0.5) is 0 Å². The predicted octanol–water partition coefficient (Wildman–Crippen LogP) is 6.70. The molecule has 0 atom stereocenters. The molecule has 0 spiro atoms. The number of likely N-dealkylation sites (tertiary alicyclic amines) is 1. The fourth-order valence-corrected chi connectivity index (χ4v) is 5.10. The zero-order valence-electron chi connectivity index (χ0n) is 17.1. The summed E-state index contributed by atoms with van der Waals surface area (Å²) in [5.74, 6) is 0.987. The summed E-state index contributed by atoms with van der Waals surface area (Å²) in [7, 11) is 0. The van der Waals surface area contributed by atoms with E-state index in [1.807, 2.05) is 0 Å². The van der Waals surface area contributed by atoms with Crippen LogP contribution in [0.5, 0.6) is 0 Å². The van der Waals surface area contributed by atoms with Gasteiger partial charge in [-0.1, -0.05) is 65.2 Å². The van der Waals surface area contributed by atoms with E-state index in [9.17, 15) is 5.26 Å². The summed E-state index contributed by atoms with van der Waals surface area (Å²) in [6.45, 7) is 7.21. The molecule has 1 saturated carbocycles. The molecule has 1 aliphatic heterocycles. The lowest BCUT2D eigenvalue weighted by atomic mass is 9.70. The van der Waals surface area contributed by atoms with Crippen molar-refractivity contribution in [3.63, 3.8) is 0 Å². The number of piperidine rings is 1. The van der Waals surface area contributed by atoms with Gasteiger partial charge in [-0.2, -0.15) is 5.26 Å². The molecule has 0 unspecified atom stereocenters. The lowest BCUT2D eigenvalue weighted by Gasteiger charge is -2.43. The molecule has 0 radical (unpaired) electrons. The first-order valence-electron chi connectivity index (χ1n) is 11.4. The van der Waals surface area contributed by atoms with Crippen LogP contribution in [0.3, 0.4) is 0 Å². The molecule has 1 heterocycles. The first kappa shape index (κ1) is 20.8.